The van der Waals surface area contributed by atoms with E-state index in [2.05, 4.69) is 5.32 Å². The van der Waals surface area contributed by atoms with E-state index in [9.17, 15) is 9.59 Å². The number of fused-ring (bicyclic) bond motifs is 1. The van der Waals surface area contributed by atoms with Gasteiger partial charge < -0.3 is 10.4 Å². The van der Waals surface area contributed by atoms with E-state index in [1.165, 1.54) is 0 Å². The molecule has 2 fully saturated rings. The van der Waals surface area contributed by atoms with Crippen molar-refractivity contribution in [2.45, 2.75) is 38.1 Å². The van der Waals surface area contributed by atoms with Crippen molar-refractivity contribution in [2.24, 2.45) is 5.41 Å². The molecule has 1 aliphatic carbocycles. The summed E-state index contributed by atoms with van der Waals surface area (Å²) in [6.07, 6.45) is 3.32. The average Bonchev–Trinajstić information content (AvgIpc) is 2.48. The number of rotatable bonds is 1. The number of carbonyl (C=O) groups is 2. The van der Waals surface area contributed by atoms with Crippen LogP contribution < -0.4 is 5.32 Å². The first-order valence-electron chi connectivity index (χ1n) is 4.68. The van der Waals surface area contributed by atoms with E-state index in [1.54, 1.807) is 0 Å². The molecular weight excluding hydrogens is 170 g/mol. The van der Waals surface area contributed by atoms with Crippen LogP contribution in [0.2, 0.25) is 0 Å². The number of carbonyl (C=O) groups excluding carboxylic acids is 1. The molecule has 0 aromatic carbocycles. The number of hydrogen-bond donors (Lipinski definition) is 2. The normalized spacial score (nSPS) is 38.2. The highest BCUT2D eigenvalue weighted by molar-refractivity contribution is 5.83. The Morgan fingerprint density at radius 1 is 1.54 bits per heavy atom. The molecule has 0 aromatic rings. The van der Waals surface area contributed by atoms with Gasteiger partial charge in [-0.05, 0) is 19.3 Å². The predicted molar refractivity (Wildman–Crippen MR) is 45.1 cm³/mol. The van der Waals surface area contributed by atoms with E-state index in [1.807, 2.05) is 0 Å². The fourth-order valence-corrected chi connectivity index (χ4v) is 2.55. The standard InChI is InChI=1S/C9H13NO3/c11-7-3-5-9(8(12)13)4-1-2-6(9)10-7/h6H,1-5H2,(H,10,11)(H,12,13)/t6?,9-/m0/s1. The molecule has 0 bridgehead atoms. The van der Waals surface area contributed by atoms with Crippen molar-refractivity contribution >= 4 is 11.9 Å². The third-order valence-electron chi connectivity index (χ3n) is 3.34. The molecular formula is C9H13NO3. The highest BCUT2D eigenvalue weighted by Gasteiger charge is 2.51. The zero-order chi connectivity index (χ0) is 9.47. The van der Waals surface area contributed by atoms with Gasteiger partial charge in [-0.15, -0.1) is 0 Å². The second-order valence-corrected chi connectivity index (χ2v) is 3.97. The summed E-state index contributed by atoms with van der Waals surface area (Å²) in [6, 6.07) is -0.119. The lowest BCUT2D eigenvalue weighted by atomic mass is 9.76. The maximum atomic E-state index is 11.1. The van der Waals surface area contributed by atoms with Crippen LogP contribution in [-0.2, 0) is 9.59 Å². The van der Waals surface area contributed by atoms with E-state index >= 15 is 0 Å². The van der Waals surface area contributed by atoms with Crippen molar-refractivity contribution in [3.63, 3.8) is 0 Å². The number of amides is 1. The summed E-state index contributed by atoms with van der Waals surface area (Å²) in [6.45, 7) is 0. The van der Waals surface area contributed by atoms with E-state index in [0.717, 1.165) is 12.8 Å². The van der Waals surface area contributed by atoms with Gasteiger partial charge in [-0.25, -0.2) is 0 Å². The average molecular weight is 183 g/mol. The topological polar surface area (TPSA) is 66.4 Å². The summed E-state index contributed by atoms with van der Waals surface area (Å²) in [5.74, 6) is -0.737. The van der Waals surface area contributed by atoms with Crippen LogP contribution in [0.15, 0.2) is 0 Å². The third-order valence-corrected chi connectivity index (χ3v) is 3.34. The first-order chi connectivity index (χ1) is 6.15. The second kappa shape index (κ2) is 2.72. The monoisotopic (exact) mass is 183 g/mol. The van der Waals surface area contributed by atoms with Gasteiger partial charge in [0.05, 0.1) is 5.41 Å². The minimum Gasteiger partial charge on any atom is -0.481 e. The molecule has 1 saturated carbocycles. The Morgan fingerprint density at radius 2 is 2.31 bits per heavy atom. The summed E-state index contributed by atoms with van der Waals surface area (Å²) in [5.41, 5.74) is -0.645. The number of aliphatic carboxylic acids is 1. The fraction of sp³-hybridized carbons (Fsp3) is 0.778. The molecule has 1 heterocycles. The molecule has 0 spiro atoms. The third kappa shape index (κ3) is 1.12. The summed E-state index contributed by atoms with van der Waals surface area (Å²) < 4.78 is 0. The molecule has 72 valence electrons. The Balaban J connectivity index is 2.25. The van der Waals surface area contributed by atoms with Crippen molar-refractivity contribution in [1.29, 1.82) is 0 Å². The lowest BCUT2D eigenvalue weighted by Gasteiger charge is -2.35. The van der Waals surface area contributed by atoms with Crippen molar-refractivity contribution in [2.75, 3.05) is 0 Å². The summed E-state index contributed by atoms with van der Waals surface area (Å²) in [7, 11) is 0. The summed E-state index contributed by atoms with van der Waals surface area (Å²) >= 11 is 0. The molecule has 2 N–H and O–H groups in total. The van der Waals surface area contributed by atoms with E-state index in [0.29, 0.717) is 19.3 Å². The SMILES string of the molecule is O=C1CC[C@@]2(C(=O)O)CCCC2N1. The maximum absolute atomic E-state index is 11.1. The van der Waals surface area contributed by atoms with E-state index in [4.69, 9.17) is 5.11 Å². The van der Waals surface area contributed by atoms with Crippen molar-refractivity contribution in [1.82, 2.24) is 5.32 Å². The molecule has 2 atom stereocenters. The lowest BCUT2D eigenvalue weighted by molar-refractivity contribution is -0.153. The Kier molecular flexibility index (Phi) is 1.78. The quantitative estimate of drug-likeness (QED) is 0.622. The second-order valence-electron chi connectivity index (χ2n) is 3.97. The molecule has 1 unspecified atom stereocenters. The predicted octanol–water partition coefficient (Wildman–Crippen LogP) is 0.520. The van der Waals surface area contributed by atoms with Crippen LogP contribution in [0.5, 0.6) is 0 Å². The van der Waals surface area contributed by atoms with Gasteiger partial charge in [0.2, 0.25) is 5.91 Å². The number of hydrogen-bond acceptors (Lipinski definition) is 2. The molecule has 0 aromatic heterocycles. The highest BCUT2D eigenvalue weighted by atomic mass is 16.4. The van der Waals surface area contributed by atoms with Gasteiger partial charge in [0.1, 0.15) is 0 Å². The van der Waals surface area contributed by atoms with Crippen LogP contribution in [0.25, 0.3) is 0 Å². The number of piperidine rings is 1. The van der Waals surface area contributed by atoms with Crippen LogP contribution in [0.4, 0.5) is 0 Å². The Bertz CT molecular complexity index is 264. The first kappa shape index (κ1) is 8.53. The molecule has 2 aliphatic rings. The minimum atomic E-state index is -0.741. The number of carboxylic acids is 1. The molecule has 0 radical (unpaired) electrons. The van der Waals surface area contributed by atoms with Gasteiger partial charge in [-0.3, -0.25) is 9.59 Å². The summed E-state index contributed by atoms with van der Waals surface area (Å²) in [4.78, 5) is 22.2. The molecule has 1 aliphatic heterocycles. The van der Waals surface area contributed by atoms with Crippen molar-refractivity contribution in [3.05, 3.63) is 0 Å². The molecule has 4 heteroatoms. The molecule has 1 amide bonds. The van der Waals surface area contributed by atoms with Crippen LogP contribution in [-0.4, -0.2) is 23.0 Å². The first-order valence-corrected chi connectivity index (χ1v) is 4.68. The largest absolute Gasteiger partial charge is 0.481 e. The van der Waals surface area contributed by atoms with Gasteiger partial charge in [0, 0.05) is 12.5 Å². The Morgan fingerprint density at radius 3 is 3.00 bits per heavy atom. The molecule has 1 saturated heterocycles. The smallest absolute Gasteiger partial charge is 0.311 e. The Labute approximate surface area is 76.3 Å². The maximum Gasteiger partial charge on any atom is 0.311 e. The molecule has 2 rings (SSSR count). The Hall–Kier alpha value is -1.06. The van der Waals surface area contributed by atoms with Crippen molar-refractivity contribution in [3.8, 4) is 0 Å². The van der Waals surface area contributed by atoms with Crippen molar-refractivity contribution < 1.29 is 14.7 Å². The van der Waals surface area contributed by atoms with Crippen LogP contribution in [0.1, 0.15) is 32.1 Å². The van der Waals surface area contributed by atoms with Gasteiger partial charge in [-0.2, -0.15) is 0 Å². The molecule has 4 nitrogen and oxygen atoms in total. The molecule has 13 heavy (non-hydrogen) atoms. The zero-order valence-electron chi connectivity index (χ0n) is 7.38. The van der Waals surface area contributed by atoms with Crippen LogP contribution >= 0.6 is 0 Å². The fourth-order valence-electron chi connectivity index (χ4n) is 2.55. The van der Waals surface area contributed by atoms with Gasteiger partial charge in [0.25, 0.3) is 0 Å². The van der Waals surface area contributed by atoms with Crippen LogP contribution in [0.3, 0.4) is 0 Å². The van der Waals surface area contributed by atoms with Gasteiger partial charge in [-0.1, -0.05) is 6.42 Å². The van der Waals surface area contributed by atoms with Crippen LogP contribution in [0, 0.1) is 5.41 Å². The van der Waals surface area contributed by atoms with E-state index in [-0.39, 0.29) is 11.9 Å². The van der Waals surface area contributed by atoms with Gasteiger partial charge in [0.15, 0.2) is 0 Å². The zero-order valence-corrected chi connectivity index (χ0v) is 7.38. The van der Waals surface area contributed by atoms with Gasteiger partial charge >= 0.3 is 5.97 Å². The minimum absolute atomic E-state index is 0.00350. The van der Waals surface area contributed by atoms with E-state index < -0.39 is 11.4 Å². The lowest BCUT2D eigenvalue weighted by Crippen LogP contribution is -2.53. The summed E-state index contributed by atoms with van der Waals surface area (Å²) in [5, 5.41) is 11.9. The number of nitrogens with one attached hydrogen (secondary N) is 1. The number of carboxylic acid groups (broad SMARTS) is 1. The highest BCUT2D eigenvalue weighted by Crippen LogP contribution is 2.44.